The van der Waals surface area contributed by atoms with Crippen molar-refractivity contribution in [3.63, 3.8) is 0 Å². The summed E-state index contributed by atoms with van der Waals surface area (Å²) in [5.41, 5.74) is 0.811. The molecule has 3 aromatic rings. The molecule has 1 saturated heterocycles. The van der Waals surface area contributed by atoms with E-state index < -0.39 is 0 Å². The number of rotatable bonds is 4. The van der Waals surface area contributed by atoms with Gasteiger partial charge in [-0.05, 0) is 62.9 Å². The van der Waals surface area contributed by atoms with Gasteiger partial charge in [0.2, 0.25) is 0 Å². The number of piperidine rings is 1. The van der Waals surface area contributed by atoms with E-state index in [4.69, 9.17) is 5.10 Å². The molecule has 7 heteroatoms. The van der Waals surface area contributed by atoms with Crippen molar-refractivity contribution in [1.82, 2.24) is 34.5 Å². The first kappa shape index (κ1) is 16.9. The third kappa shape index (κ3) is 3.48. The minimum absolute atomic E-state index is 0.433. The number of nitrogens with zero attached hydrogens (tertiary/aromatic N) is 7. The predicted molar refractivity (Wildman–Crippen MR) is 103 cm³/mol. The van der Waals surface area contributed by atoms with Crippen molar-refractivity contribution in [2.75, 3.05) is 19.6 Å². The van der Waals surface area contributed by atoms with Crippen LogP contribution in [0.4, 0.5) is 0 Å². The molecule has 1 saturated carbocycles. The van der Waals surface area contributed by atoms with Gasteiger partial charge in [0.15, 0.2) is 17.3 Å². The lowest BCUT2D eigenvalue weighted by Gasteiger charge is -2.34. The van der Waals surface area contributed by atoms with Crippen LogP contribution in [0.5, 0.6) is 0 Å². The summed E-state index contributed by atoms with van der Waals surface area (Å²) in [5, 5.41) is 17.8. The zero-order chi connectivity index (χ0) is 18.1. The van der Waals surface area contributed by atoms with Gasteiger partial charge >= 0.3 is 0 Å². The van der Waals surface area contributed by atoms with E-state index in [1.165, 1.54) is 38.6 Å². The molecule has 0 atom stereocenters. The van der Waals surface area contributed by atoms with Crippen LogP contribution in [0.25, 0.3) is 11.5 Å². The van der Waals surface area contributed by atoms with Gasteiger partial charge in [0.05, 0.1) is 0 Å². The molecule has 0 N–H and O–H groups in total. The van der Waals surface area contributed by atoms with Gasteiger partial charge in [-0.1, -0.05) is 19.3 Å². The van der Waals surface area contributed by atoms with Crippen LogP contribution in [0.15, 0.2) is 30.6 Å². The molecular formula is C20H27N7. The lowest BCUT2D eigenvalue weighted by atomic mass is 9.88. The number of aromatic nitrogens is 6. The van der Waals surface area contributed by atoms with Crippen molar-refractivity contribution in [2.45, 2.75) is 50.9 Å². The van der Waals surface area contributed by atoms with Gasteiger partial charge in [0, 0.05) is 24.9 Å². The number of hydrogen-bond acceptors (Lipinski definition) is 5. The van der Waals surface area contributed by atoms with Gasteiger partial charge in [-0.2, -0.15) is 9.61 Å². The summed E-state index contributed by atoms with van der Waals surface area (Å²) in [4.78, 5) is 2.66. The lowest BCUT2D eigenvalue weighted by Crippen LogP contribution is -2.37. The van der Waals surface area contributed by atoms with Crippen molar-refractivity contribution in [3.05, 3.63) is 36.4 Å². The predicted octanol–water partition coefficient (Wildman–Crippen LogP) is 3.07. The van der Waals surface area contributed by atoms with Crippen molar-refractivity contribution in [2.24, 2.45) is 5.92 Å². The Morgan fingerprint density at radius 2 is 1.81 bits per heavy atom. The second-order valence-corrected chi connectivity index (χ2v) is 8.05. The van der Waals surface area contributed by atoms with E-state index in [-0.39, 0.29) is 0 Å². The normalized spacial score (nSPS) is 20.4. The summed E-state index contributed by atoms with van der Waals surface area (Å²) in [7, 11) is 0. The largest absolute Gasteiger partial charge is 0.303 e. The molecule has 0 aromatic carbocycles. The fourth-order valence-corrected chi connectivity index (χ4v) is 4.69. The van der Waals surface area contributed by atoms with Crippen LogP contribution in [-0.4, -0.2) is 54.1 Å². The molecule has 0 spiro atoms. The minimum atomic E-state index is 0.433. The summed E-state index contributed by atoms with van der Waals surface area (Å²) in [6, 6.07) is 5.81. The first-order valence-electron chi connectivity index (χ1n) is 10.3. The molecule has 0 radical (unpaired) electrons. The van der Waals surface area contributed by atoms with Crippen LogP contribution in [0.2, 0.25) is 0 Å². The van der Waals surface area contributed by atoms with Crippen LogP contribution in [0.1, 0.15) is 56.7 Å². The maximum Gasteiger partial charge on any atom is 0.178 e. The van der Waals surface area contributed by atoms with E-state index in [1.807, 2.05) is 28.9 Å². The van der Waals surface area contributed by atoms with Crippen molar-refractivity contribution in [3.8, 4) is 5.82 Å². The average Bonchev–Trinajstić information content (AvgIpc) is 3.39. The Labute approximate surface area is 159 Å². The Morgan fingerprint density at radius 3 is 2.59 bits per heavy atom. The van der Waals surface area contributed by atoms with Crippen molar-refractivity contribution < 1.29 is 0 Å². The van der Waals surface area contributed by atoms with Crippen LogP contribution < -0.4 is 0 Å². The topological polar surface area (TPSA) is 64.1 Å². The molecule has 2 fully saturated rings. The Balaban J connectivity index is 1.29. The second kappa shape index (κ2) is 7.38. The first-order valence-corrected chi connectivity index (χ1v) is 10.3. The zero-order valence-electron chi connectivity index (χ0n) is 15.7. The van der Waals surface area contributed by atoms with E-state index in [1.54, 1.807) is 10.9 Å². The Hall–Kier alpha value is -2.28. The third-order valence-corrected chi connectivity index (χ3v) is 6.21. The molecule has 0 amide bonds. The summed E-state index contributed by atoms with van der Waals surface area (Å²) in [6.07, 6.45) is 13.1. The Bertz CT molecular complexity index is 871. The highest BCUT2D eigenvalue weighted by Gasteiger charge is 2.27. The van der Waals surface area contributed by atoms with Gasteiger partial charge in [-0.25, -0.2) is 4.68 Å². The quantitative estimate of drug-likeness (QED) is 0.711. The van der Waals surface area contributed by atoms with Crippen LogP contribution in [0, 0.1) is 5.92 Å². The molecule has 0 unspecified atom stereocenters. The van der Waals surface area contributed by atoms with Gasteiger partial charge < -0.3 is 4.90 Å². The van der Waals surface area contributed by atoms with E-state index in [2.05, 4.69) is 20.2 Å². The fourth-order valence-electron chi connectivity index (χ4n) is 4.69. The highest BCUT2D eigenvalue weighted by Crippen LogP contribution is 2.30. The van der Waals surface area contributed by atoms with Gasteiger partial charge in [-0.15, -0.1) is 15.3 Å². The molecule has 3 aromatic heterocycles. The van der Waals surface area contributed by atoms with E-state index in [0.717, 1.165) is 49.1 Å². The molecule has 2 aliphatic rings. The second-order valence-electron chi connectivity index (χ2n) is 8.05. The maximum atomic E-state index is 4.74. The van der Waals surface area contributed by atoms with Crippen LogP contribution in [-0.2, 0) is 0 Å². The average molecular weight is 365 g/mol. The third-order valence-electron chi connectivity index (χ3n) is 6.21. The number of fused-ring (bicyclic) bond motifs is 1. The standard InChI is InChI=1S/C20H27N7/c1-2-5-16(6-3-1)15-25-13-9-17(10-14-25)20-23-22-18-7-8-19(24-27(18)20)26-12-4-11-21-26/h4,7-8,11-12,16-17H,1-3,5-6,9-10,13-15H2. The summed E-state index contributed by atoms with van der Waals surface area (Å²) < 4.78 is 3.69. The molecule has 27 heavy (non-hydrogen) atoms. The summed E-state index contributed by atoms with van der Waals surface area (Å²) in [6.45, 7) is 3.61. The van der Waals surface area contributed by atoms with Crippen molar-refractivity contribution >= 4 is 5.65 Å². The SMILES string of the molecule is c1cnn(-c2ccc3nnc(C4CCN(CC5CCCCC5)CC4)n3n2)c1. The highest BCUT2D eigenvalue weighted by molar-refractivity contribution is 5.39. The monoisotopic (exact) mass is 365 g/mol. The zero-order valence-corrected chi connectivity index (χ0v) is 15.7. The molecule has 0 bridgehead atoms. The van der Waals surface area contributed by atoms with E-state index in [9.17, 15) is 0 Å². The molecule has 1 aliphatic heterocycles. The molecule has 4 heterocycles. The van der Waals surface area contributed by atoms with Gasteiger partial charge in [-0.3, -0.25) is 0 Å². The van der Waals surface area contributed by atoms with Gasteiger partial charge in [0.25, 0.3) is 0 Å². The lowest BCUT2D eigenvalue weighted by molar-refractivity contribution is 0.161. The van der Waals surface area contributed by atoms with E-state index >= 15 is 0 Å². The smallest absolute Gasteiger partial charge is 0.178 e. The Morgan fingerprint density at radius 1 is 0.963 bits per heavy atom. The van der Waals surface area contributed by atoms with Crippen LogP contribution >= 0.6 is 0 Å². The van der Waals surface area contributed by atoms with E-state index in [0.29, 0.717) is 5.92 Å². The van der Waals surface area contributed by atoms with Crippen LogP contribution in [0.3, 0.4) is 0 Å². The molecule has 1 aliphatic carbocycles. The number of likely N-dealkylation sites (tertiary alicyclic amines) is 1. The Kier molecular flexibility index (Phi) is 4.61. The van der Waals surface area contributed by atoms with Gasteiger partial charge in [0.1, 0.15) is 0 Å². The molecule has 7 nitrogen and oxygen atoms in total. The first-order chi connectivity index (χ1) is 13.4. The number of hydrogen-bond donors (Lipinski definition) is 0. The summed E-state index contributed by atoms with van der Waals surface area (Å²) in [5.74, 6) is 3.14. The molecule has 5 rings (SSSR count). The highest BCUT2D eigenvalue weighted by atomic mass is 15.4. The molecule has 142 valence electrons. The summed E-state index contributed by atoms with van der Waals surface area (Å²) >= 11 is 0. The molecular weight excluding hydrogens is 338 g/mol. The maximum absolute atomic E-state index is 4.74. The minimum Gasteiger partial charge on any atom is -0.303 e. The van der Waals surface area contributed by atoms with Crippen molar-refractivity contribution in [1.29, 1.82) is 0 Å². The fraction of sp³-hybridized carbons (Fsp3) is 0.600.